The molecule has 0 bridgehead atoms. The van der Waals surface area contributed by atoms with Crippen molar-refractivity contribution in [2.24, 2.45) is 30.5 Å². The van der Waals surface area contributed by atoms with Gasteiger partial charge in [0.2, 0.25) is 0 Å². The predicted molar refractivity (Wildman–Crippen MR) is 92.3 cm³/mol. The van der Waals surface area contributed by atoms with E-state index in [0.717, 1.165) is 35.3 Å². The Morgan fingerprint density at radius 3 is 2.62 bits per heavy atom. The third-order valence-electron chi connectivity index (χ3n) is 5.24. The summed E-state index contributed by atoms with van der Waals surface area (Å²) in [6.45, 7) is 9.12. The molecule has 1 aromatic heterocycles. The minimum Gasteiger partial charge on any atom is -0.324 e. The van der Waals surface area contributed by atoms with Gasteiger partial charge in [-0.3, -0.25) is 4.68 Å². The fraction of sp³-hybridized carbons (Fsp3) is 0.824. The second-order valence-corrected chi connectivity index (χ2v) is 8.12. The van der Waals surface area contributed by atoms with Gasteiger partial charge in [0.05, 0.1) is 15.9 Å². The standard InChI is InChI=1S/C17H30BrN3/c1-6-14-16(18)15(21(5)20-14)10-17(19)9-12(4)7-8-13(17)11(2)3/h11-13H,6-10,19H2,1-5H3. The maximum atomic E-state index is 6.95. The molecule has 0 amide bonds. The number of rotatable bonds is 4. The molecule has 21 heavy (non-hydrogen) atoms. The zero-order valence-corrected chi connectivity index (χ0v) is 15.7. The topological polar surface area (TPSA) is 43.8 Å². The summed E-state index contributed by atoms with van der Waals surface area (Å²) in [5.41, 5.74) is 9.25. The molecule has 0 saturated heterocycles. The fourth-order valence-electron chi connectivity index (χ4n) is 4.18. The van der Waals surface area contributed by atoms with Crippen molar-refractivity contribution >= 4 is 15.9 Å². The highest BCUT2D eigenvalue weighted by Crippen LogP contribution is 2.42. The van der Waals surface area contributed by atoms with E-state index < -0.39 is 0 Å². The molecule has 2 rings (SSSR count). The highest BCUT2D eigenvalue weighted by molar-refractivity contribution is 9.10. The Bertz CT molecular complexity index is 494. The lowest BCUT2D eigenvalue weighted by molar-refractivity contribution is 0.107. The quantitative estimate of drug-likeness (QED) is 0.884. The van der Waals surface area contributed by atoms with E-state index in [1.54, 1.807) is 0 Å². The van der Waals surface area contributed by atoms with E-state index in [4.69, 9.17) is 5.73 Å². The van der Waals surface area contributed by atoms with Crippen molar-refractivity contribution in [2.75, 3.05) is 0 Å². The predicted octanol–water partition coefficient (Wildman–Crippen LogP) is 4.08. The number of aromatic nitrogens is 2. The molecule has 120 valence electrons. The Hall–Kier alpha value is -0.350. The summed E-state index contributed by atoms with van der Waals surface area (Å²) < 4.78 is 3.19. The molecule has 0 aromatic carbocycles. The first-order chi connectivity index (χ1) is 9.78. The summed E-state index contributed by atoms with van der Waals surface area (Å²) in [5.74, 6) is 1.96. The van der Waals surface area contributed by atoms with Gasteiger partial charge in [0.15, 0.2) is 0 Å². The zero-order chi connectivity index (χ0) is 15.8. The first-order valence-corrected chi connectivity index (χ1v) is 9.07. The monoisotopic (exact) mass is 355 g/mol. The normalized spacial score (nSPS) is 30.1. The summed E-state index contributed by atoms with van der Waals surface area (Å²) in [5, 5.41) is 4.63. The van der Waals surface area contributed by atoms with E-state index in [2.05, 4.69) is 48.7 Å². The van der Waals surface area contributed by atoms with Gasteiger partial charge in [0.1, 0.15) is 0 Å². The van der Waals surface area contributed by atoms with Crippen LogP contribution >= 0.6 is 15.9 Å². The number of nitrogens with two attached hydrogens (primary N) is 1. The Labute approximate surface area is 137 Å². The second kappa shape index (κ2) is 6.41. The SMILES string of the molecule is CCc1nn(C)c(CC2(N)CC(C)CCC2C(C)C)c1Br. The molecule has 1 aliphatic rings. The van der Waals surface area contributed by atoms with Crippen molar-refractivity contribution in [2.45, 2.75) is 65.3 Å². The second-order valence-electron chi connectivity index (χ2n) is 7.33. The van der Waals surface area contributed by atoms with E-state index >= 15 is 0 Å². The number of halogens is 1. The smallest absolute Gasteiger partial charge is 0.0766 e. The highest BCUT2D eigenvalue weighted by atomic mass is 79.9. The lowest BCUT2D eigenvalue weighted by atomic mass is 9.64. The van der Waals surface area contributed by atoms with Crippen LogP contribution in [0.3, 0.4) is 0 Å². The van der Waals surface area contributed by atoms with Crippen LogP contribution in [0.5, 0.6) is 0 Å². The van der Waals surface area contributed by atoms with E-state index in [-0.39, 0.29) is 5.54 Å². The number of hydrogen-bond acceptors (Lipinski definition) is 2. The van der Waals surface area contributed by atoms with Crippen LogP contribution in [-0.4, -0.2) is 15.3 Å². The van der Waals surface area contributed by atoms with Gasteiger partial charge in [-0.15, -0.1) is 0 Å². The molecule has 1 aliphatic carbocycles. The van der Waals surface area contributed by atoms with Gasteiger partial charge in [-0.05, 0) is 52.9 Å². The largest absolute Gasteiger partial charge is 0.324 e. The molecule has 0 aliphatic heterocycles. The minimum absolute atomic E-state index is 0.104. The summed E-state index contributed by atoms with van der Waals surface area (Å²) in [6, 6.07) is 0. The van der Waals surface area contributed by atoms with E-state index in [9.17, 15) is 0 Å². The molecule has 4 heteroatoms. The maximum Gasteiger partial charge on any atom is 0.0766 e. The lowest BCUT2D eigenvalue weighted by Gasteiger charge is -2.46. The number of nitrogens with zero attached hydrogens (tertiary/aromatic N) is 2. The number of aryl methyl sites for hydroxylation is 2. The van der Waals surface area contributed by atoms with E-state index in [0.29, 0.717) is 11.8 Å². The third-order valence-corrected chi connectivity index (χ3v) is 6.16. The molecular formula is C17H30BrN3. The Kier molecular flexibility index (Phi) is 5.19. The van der Waals surface area contributed by atoms with Crippen molar-refractivity contribution in [3.63, 3.8) is 0 Å². The van der Waals surface area contributed by atoms with Gasteiger partial charge in [0.25, 0.3) is 0 Å². The van der Waals surface area contributed by atoms with Gasteiger partial charge in [-0.25, -0.2) is 0 Å². The van der Waals surface area contributed by atoms with Crippen LogP contribution in [-0.2, 0) is 19.9 Å². The van der Waals surface area contributed by atoms with E-state index in [1.165, 1.54) is 18.5 Å². The van der Waals surface area contributed by atoms with Gasteiger partial charge >= 0.3 is 0 Å². The van der Waals surface area contributed by atoms with Crippen molar-refractivity contribution in [1.82, 2.24) is 9.78 Å². The first-order valence-electron chi connectivity index (χ1n) is 8.27. The van der Waals surface area contributed by atoms with Crippen molar-refractivity contribution in [1.29, 1.82) is 0 Å². The number of hydrogen-bond donors (Lipinski definition) is 1. The summed E-state index contributed by atoms with van der Waals surface area (Å²) in [4.78, 5) is 0. The van der Waals surface area contributed by atoms with Gasteiger partial charge in [-0.1, -0.05) is 34.1 Å². The third kappa shape index (κ3) is 3.37. The molecule has 1 fully saturated rings. The summed E-state index contributed by atoms with van der Waals surface area (Å²) in [6.07, 6.45) is 5.56. The van der Waals surface area contributed by atoms with Crippen LogP contribution in [0.25, 0.3) is 0 Å². The van der Waals surface area contributed by atoms with Gasteiger partial charge in [0, 0.05) is 19.0 Å². The van der Waals surface area contributed by atoms with Gasteiger partial charge in [-0.2, -0.15) is 5.10 Å². The average Bonchev–Trinajstić information content (AvgIpc) is 2.65. The van der Waals surface area contributed by atoms with E-state index in [1.807, 2.05) is 11.7 Å². The van der Waals surface area contributed by atoms with Crippen LogP contribution in [0.15, 0.2) is 4.47 Å². The summed E-state index contributed by atoms with van der Waals surface area (Å²) >= 11 is 3.75. The molecule has 3 nitrogen and oxygen atoms in total. The molecule has 1 saturated carbocycles. The molecule has 3 unspecified atom stereocenters. The van der Waals surface area contributed by atoms with Crippen LogP contribution in [0.4, 0.5) is 0 Å². The molecule has 1 aromatic rings. The zero-order valence-electron chi connectivity index (χ0n) is 14.1. The van der Waals surface area contributed by atoms with Crippen molar-refractivity contribution < 1.29 is 0 Å². The Morgan fingerprint density at radius 1 is 1.43 bits per heavy atom. The summed E-state index contributed by atoms with van der Waals surface area (Å²) in [7, 11) is 2.04. The molecule has 2 N–H and O–H groups in total. The van der Waals surface area contributed by atoms with Gasteiger partial charge < -0.3 is 5.73 Å². The molecular weight excluding hydrogens is 326 g/mol. The van der Waals surface area contributed by atoms with Crippen LogP contribution in [0.2, 0.25) is 0 Å². The van der Waals surface area contributed by atoms with Crippen LogP contribution in [0.1, 0.15) is 58.3 Å². The minimum atomic E-state index is -0.104. The average molecular weight is 356 g/mol. The fourth-order valence-corrected chi connectivity index (χ4v) is 4.93. The Morgan fingerprint density at radius 2 is 2.10 bits per heavy atom. The Balaban J connectivity index is 2.32. The maximum absolute atomic E-state index is 6.95. The lowest BCUT2D eigenvalue weighted by Crippen LogP contribution is -2.54. The molecule has 3 atom stereocenters. The van der Waals surface area contributed by atoms with Crippen LogP contribution in [0, 0.1) is 17.8 Å². The molecule has 0 radical (unpaired) electrons. The highest BCUT2D eigenvalue weighted by Gasteiger charge is 2.42. The van der Waals surface area contributed by atoms with Crippen LogP contribution < -0.4 is 5.73 Å². The first kappa shape index (κ1) is 17.0. The molecule has 0 spiro atoms. The molecule has 1 heterocycles. The van der Waals surface area contributed by atoms with Crippen molar-refractivity contribution in [3.05, 3.63) is 15.9 Å². The van der Waals surface area contributed by atoms with Crippen molar-refractivity contribution in [3.8, 4) is 0 Å².